The van der Waals surface area contributed by atoms with Crippen molar-refractivity contribution >= 4 is 0 Å². The van der Waals surface area contributed by atoms with E-state index in [4.69, 9.17) is 13.9 Å². The standard InChI is InChI=1S/C17H23NO3/c1-4-19-14-6-5-7-15(10-14)20-12-17-9-8-16(21-17)11-18-13(2)3/h5-10,13,18H,4,11-12H2,1-3H3. The molecule has 2 rings (SSSR count). The maximum Gasteiger partial charge on any atom is 0.146 e. The van der Waals surface area contributed by atoms with Gasteiger partial charge in [-0.3, -0.25) is 0 Å². The fourth-order valence-corrected chi connectivity index (χ4v) is 1.87. The molecular formula is C17H23NO3. The van der Waals surface area contributed by atoms with Gasteiger partial charge in [0.2, 0.25) is 0 Å². The Labute approximate surface area is 126 Å². The average molecular weight is 289 g/mol. The van der Waals surface area contributed by atoms with Crippen LogP contribution in [0.5, 0.6) is 11.5 Å². The molecule has 1 aromatic heterocycles. The lowest BCUT2D eigenvalue weighted by molar-refractivity contribution is 0.262. The monoisotopic (exact) mass is 289 g/mol. The molecule has 0 aliphatic heterocycles. The molecule has 0 bridgehead atoms. The number of furan rings is 1. The highest BCUT2D eigenvalue weighted by Crippen LogP contribution is 2.20. The fourth-order valence-electron chi connectivity index (χ4n) is 1.87. The molecule has 114 valence electrons. The van der Waals surface area contributed by atoms with Crippen molar-refractivity contribution in [2.75, 3.05) is 6.61 Å². The van der Waals surface area contributed by atoms with E-state index in [-0.39, 0.29) is 0 Å². The molecule has 0 amide bonds. The van der Waals surface area contributed by atoms with Gasteiger partial charge in [0.05, 0.1) is 13.2 Å². The van der Waals surface area contributed by atoms with Crippen molar-refractivity contribution < 1.29 is 13.9 Å². The molecule has 0 saturated heterocycles. The van der Waals surface area contributed by atoms with Gasteiger partial charge in [0.25, 0.3) is 0 Å². The summed E-state index contributed by atoms with van der Waals surface area (Å²) in [6.45, 7) is 7.97. The molecule has 4 nitrogen and oxygen atoms in total. The summed E-state index contributed by atoms with van der Waals surface area (Å²) in [5.41, 5.74) is 0. The van der Waals surface area contributed by atoms with E-state index in [1.807, 2.05) is 43.3 Å². The Morgan fingerprint density at radius 3 is 2.48 bits per heavy atom. The third kappa shape index (κ3) is 5.16. The minimum atomic E-state index is 0.414. The van der Waals surface area contributed by atoms with Crippen LogP contribution in [0.2, 0.25) is 0 Å². The normalized spacial score (nSPS) is 10.9. The molecule has 0 atom stereocenters. The van der Waals surface area contributed by atoms with Gasteiger partial charge in [-0.15, -0.1) is 0 Å². The highest BCUT2D eigenvalue weighted by atomic mass is 16.5. The summed E-state index contributed by atoms with van der Waals surface area (Å²) in [4.78, 5) is 0. The van der Waals surface area contributed by atoms with Gasteiger partial charge in [-0.2, -0.15) is 0 Å². The van der Waals surface area contributed by atoms with Crippen LogP contribution in [0.3, 0.4) is 0 Å². The summed E-state index contributed by atoms with van der Waals surface area (Å²) in [5.74, 6) is 3.33. The summed E-state index contributed by atoms with van der Waals surface area (Å²) in [7, 11) is 0. The number of rotatable bonds is 8. The Hall–Kier alpha value is -1.94. The molecule has 1 N–H and O–H groups in total. The Bertz CT molecular complexity index is 548. The first-order valence-electron chi connectivity index (χ1n) is 7.34. The van der Waals surface area contributed by atoms with Gasteiger partial charge in [-0.1, -0.05) is 19.9 Å². The summed E-state index contributed by atoms with van der Waals surface area (Å²) in [5, 5.41) is 3.32. The van der Waals surface area contributed by atoms with Crippen molar-refractivity contribution in [3.8, 4) is 11.5 Å². The predicted octanol–water partition coefficient (Wildman–Crippen LogP) is 3.76. The van der Waals surface area contributed by atoms with Crippen molar-refractivity contribution in [2.45, 2.75) is 40.0 Å². The first kappa shape index (κ1) is 15.4. The average Bonchev–Trinajstić information content (AvgIpc) is 2.92. The van der Waals surface area contributed by atoms with Crippen molar-refractivity contribution in [1.29, 1.82) is 0 Å². The summed E-state index contributed by atoms with van der Waals surface area (Å²) in [6.07, 6.45) is 0. The van der Waals surface area contributed by atoms with E-state index < -0.39 is 0 Å². The van der Waals surface area contributed by atoms with Crippen LogP contribution >= 0.6 is 0 Å². The molecule has 0 fully saturated rings. The van der Waals surface area contributed by atoms with Crippen LogP contribution in [-0.4, -0.2) is 12.6 Å². The van der Waals surface area contributed by atoms with E-state index in [1.54, 1.807) is 0 Å². The molecule has 4 heteroatoms. The number of hydrogen-bond donors (Lipinski definition) is 1. The Kier molecular flexibility index (Phi) is 5.69. The smallest absolute Gasteiger partial charge is 0.146 e. The largest absolute Gasteiger partial charge is 0.494 e. The molecule has 0 radical (unpaired) electrons. The van der Waals surface area contributed by atoms with Crippen LogP contribution in [-0.2, 0) is 13.2 Å². The molecule has 1 heterocycles. The van der Waals surface area contributed by atoms with Crippen LogP contribution in [0.4, 0.5) is 0 Å². The zero-order valence-corrected chi connectivity index (χ0v) is 12.9. The zero-order chi connectivity index (χ0) is 15.1. The SMILES string of the molecule is CCOc1cccc(OCc2ccc(CNC(C)C)o2)c1. The molecule has 1 aromatic carbocycles. The number of benzene rings is 1. The van der Waals surface area contributed by atoms with Crippen LogP contribution in [0.1, 0.15) is 32.3 Å². The lowest BCUT2D eigenvalue weighted by Crippen LogP contribution is -2.21. The zero-order valence-electron chi connectivity index (χ0n) is 12.9. The lowest BCUT2D eigenvalue weighted by Gasteiger charge is -2.07. The molecule has 0 saturated carbocycles. The van der Waals surface area contributed by atoms with Gasteiger partial charge in [-0.05, 0) is 31.2 Å². The molecule has 0 aliphatic rings. The van der Waals surface area contributed by atoms with Crippen LogP contribution in [0.25, 0.3) is 0 Å². The van der Waals surface area contributed by atoms with Crippen molar-refractivity contribution in [3.63, 3.8) is 0 Å². The van der Waals surface area contributed by atoms with Gasteiger partial charge >= 0.3 is 0 Å². The molecule has 2 aromatic rings. The summed E-state index contributed by atoms with van der Waals surface area (Å²) < 4.78 is 16.9. The quantitative estimate of drug-likeness (QED) is 0.803. The number of hydrogen-bond acceptors (Lipinski definition) is 4. The second kappa shape index (κ2) is 7.74. The van der Waals surface area contributed by atoms with Gasteiger partial charge < -0.3 is 19.2 Å². The molecule has 0 spiro atoms. The maximum atomic E-state index is 5.72. The van der Waals surface area contributed by atoms with Crippen LogP contribution < -0.4 is 14.8 Å². The van der Waals surface area contributed by atoms with E-state index in [9.17, 15) is 0 Å². The fraction of sp³-hybridized carbons (Fsp3) is 0.412. The van der Waals surface area contributed by atoms with E-state index in [1.165, 1.54) is 0 Å². The number of nitrogens with one attached hydrogen (secondary N) is 1. The highest BCUT2D eigenvalue weighted by Gasteiger charge is 2.04. The molecular weight excluding hydrogens is 266 g/mol. The van der Waals surface area contributed by atoms with E-state index in [2.05, 4.69) is 19.2 Å². The minimum absolute atomic E-state index is 0.414. The van der Waals surface area contributed by atoms with Gasteiger partial charge in [0.15, 0.2) is 0 Å². The molecule has 0 aliphatic carbocycles. The summed E-state index contributed by atoms with van der Waals surface area (Å²) in [6, 6.07) is 12.0. The highest BCUT2D eigenvalue weighted by molar-refractivity contribution is 5.33. The van der Waals surface area contributed by atoms with Crippen molar-refractivity contribution in [2.24, 2.45) is 0 Å². The third-order valence-corrected chi connectivity index (χ3v) is 2.90. The minimum Gasteiger partial charge on any atom is -0.494 e. The first-order valence-corrected chi connectivity index (χ1v) is 7.34. The second-order valence-electron chi connectivity index (χ2n) is 5.10. The van der Waals surface area contributed by atoms with E-state index in [0.717, 1.165) is 29.6 Å². The van der Waals surface area contributed by atoms with Gasteiger partial charge in [0.1, 0.15) is 29.6 Å². The maximum absolute atomic E-state index is 5.72. The lowest BCUT2D eigenvalue weighted by atomic mass is 10.3. The third-order valence-electron chi connectivity index (χ3n) is 2.90. The Balaban J connectivity index is 1.86. The predicted molar refractivity (Wildman–Crippen MR) is 82.6 cm³/mol. The van der Waals surface area contributed by atoms with Gasteiger partial charge in [0, 0.05) is 12.1 Å². The Morgan fingerprint density at radius 1 is 1.05 bits per heavy atom. The van der Waals surface area contributed by atoms with Gasteiger partial charge in [-0.25, -0.2) is 0 Å². The number of ether oxygens (including phenoxy) is 2. The molecule has 21 heavy (non-hydrogen) atoms. The van der Waals surface area contributed by atoms with Crippen LogP contribution in [0.15, 0.2) is 40.8 Å². The summed E-state index contributed by atoms with van der Waals surface area (Å²) >= 11 is 0. The first-order chi connectivity index (χ1) is 10.2. The molecule has 0 unspecified atom stereocenters. The van der Waals surface area contributed by atoms with E-state index in [0.29, 0.717) is 19.3 Å². The Morgan fingerprint density at radius 2 is 1.76 bits per heavy atom. The van der Waals surface area contributed by atoms with E-state index >= 15 is 0 Å². The second-order valence-corrected chi connectivity index (χ2v) is 5.10. The topological polar surface area (TPSA) is 43.6 Å². The van der Waals surface area contributed by atoms with Crippen LogP contribution in [0, 0.1) is 0 Å². The van der Waals surface area contributed by atoms with Crippen molar-refractivity contribution in [1.82, 2.24) is 5.32 Å². The van der Waals surface area contributed by atoms with Crippen molar-refractivity contribution in [3.05, 3.63) is 47.9 Å².